The molecule has 0 radical (unpaired) electrons. The molecule has 3 rings (SSSR count). The number of carbonyl (C=O) groups excluding carboxylic acids is 1. The molecule has 2 aromatic heterocycles. The number of hydrogen-bond acceptors (Lipinski definition) is 5. The lowest BCUT2D eigenvalue weighted by molar-refractivity contribution is 0.112. The van der Waals surface area contributed by atoms with Crippen LogP contribution in [-0.4, -0.2) is 27.7 Å². The van der Waals surface area contributed by atoms with Crippen molar-refractivity contribution in [2.24, 2.45) is 0 Å². The van der Waals surface area contributed by atoms with Gasteiger partial charge in [-0.3, -0.25) is 4.79 Å². The Bertz CT molecular complexity index is 733. The number of carbonyl (C=O) groups is 1. The van der Waals surface area contributed by atoms with Crippen molar-refractivity contribution in [2.75, 3.05) is 6.61 Å². The summed E-state index contributed by atoms with van der Waals surface area (Å²) in [6, 6.07) is 7.56. The summed E-state index contributed by atoms with van der Waals surface area (Å²) in [5.41, 5.74) is 2.00. The monoisotopic (exact) mass is 299 g/mol. The molecule has 0 saturated heterocycles. The summed E-state index contributed by atoms with van der Waals surface area (Å²) in [5.74, 6) is 0.809. The molecule has 0 saturated carbocycles. The van der Waals surface area contributed by atoms with Crippen LogP contribution >= 0.6 is 11.3 Å². The van der Waals surface area contributed by atoms with Gasteiger partial charge < -0.3 is 4.74 Å². The quantitative estimate of drug-likeness (QED) is 0.679. The normalized spacial score (nSPS) is 10.5. The summed E-state index contributed by atoms with van der Waals surface area (Å²) in [4.78, 5) is 15.4. The van der Waals surface area contributed by atoms with Crippen LogP contribution < -0.4 is 4.74 Å². The summed E-state index contributed by atoms with van der Waals surface area (Å²) >= 11 is 1.46. The van der Waals surface area contributed by atoms with Crippen molar-refractivity contribution in [3.8, 4) is 22.1 Å². The molecular weight excluding hydrogens is 286 g/mol. The summed E-state index contributed by atoms with van der Waals surface area (Å²) < 4.78 is 7.09. The number of benzene rings is 1. The number of rotatable bonds is 5. The number of hydrogen-bond donors (Lipinski definition) is 0. The number of ether oxygens (including phenoxy) is 1. The second kappa shape index (κ2) is 5.88. The highest BCUT2D eigenvalue weighted by Crippen LogP contribution is 2.24. The Balaban J connectivity index is 1.97. The van der Waals surface area contributed by atoms with Crippen LogP contribution in [0.1, 0.15) is 17.3 Å². The average molecular weight is 299 g/mol. The van der Waals surface area contributed by atoms with Crippen LogP contribution in [0.3, 0.4) is 0 Å². The van der Waals surface area contributed by atoms with Gasteiger partial charge in [0.25, 0.3) is 0 Å². The fourth-order valence-corrected chi connectivity index (χ4v) is 2.62. The third-order valence-corrected chi connectivity index (χ3v) is 3.70. The lowest BCUT2D eigenvalue weighted by Gasteiger charge is -2.04. The van der Waals surface area contributed by atoms with Crippen LogP contribution in [0.5, 0.6) is 5.75 Å². The summed E-state index contributed by atoms with van der Waals surface area (Å²) in [6.07, 6.45) is 4.21. The Morgan fingerprint density at radius 3 is 2.76 bits per heavy atom. The van der Waals surface area contributed by atoms with Crippen molar-refractivity contribution in [1.82, 2.24) is 14.8 Å². The Hall–Kier alpha value is -2.47. The lowest BCUT2D eigenvalue weighted by atomic mass is 10.3. The van der Waals surface area contributed by atoms with Gasteiger partial charge in [-0.2, -0.15) is 5.10 Å². The largest absolute Gasteiger partial charge is 0.494 e. The Labute approximate surface area is 125 Å². The molecule has 0 atom stereocenters. The van der Waals surface area contributed by atoms with E-state index in [1.54, 1.807) is 17.1 Å². The molecule has 6 heteroatoms. The van der Waals surface area contributed by atoms with E-state index in [4.69, 9.17) is 4.74 Å². The highest BCUT2D eigenvalue weighted by molar-refractivity contribution is 7.13. The van der Waals surface area contributed by atoms with Gasteiger partial charge in [0.1, 0.15) is 16.5 Å². The van der Waals surface area contributed by atoms with E-state index in [0.717, 1.165) is 22.7 Å². The molecular formula is C15H13N3O2S. The van der Waals surface area contributed by atoms with Gasteiger partial charge in [0.05, 0.1) is 17.9 Å². The van der Waals surface area contributed by atoms with E-state index in [1.807, 2.05) is 36.6 Å². The molecule has 1 aromatic carbocycles. The zero-order valence-electron chi connectivity index (χ0n) is 11.4. The van der Waals surface area contributed by atoms with Crippen molar-refractivity contribution in [1.29, 1.82) is 0 Å². The van der Waals surface area contributed by atoms with E-state index >= 15 is 0 Å². The van der Waals surface area contributed by atoms with Crippen molar-refractivity contribution < 1.29 is 9.53 Å². The average Bonchev–Trinajstić information content (AvgIpc) is 3.17. The minimum atomic E-state index is 0.527. The maximum Gasteiger partial charge on any atom is 0.153 e. The van der Waals surface area contributed by atoms with Crippen molar-refractivity contribution in [3.05, 3.63) is 47.6 Å². The van der Waals surface area contributed by atoms with E-state index in [1.165, 1.54) is 11.3 Å². The molecule has 0 aliphatic rings. The van der Waals surface area contributed by atoms with Gasteiger partial charge in [0.15, 0.2) is 6.29 Å². The topological polar surface area (TPSA) is 57.0 Å². The van der Waals surface area contributed by atoms with Gasteiger partial charge >= 0.3 is 0 Å². The summed E-state index contributed by atoms with van der Waals surface area (Å²) in [7, 11) is 0. The molecule has 0 amide bonds. The van der Waals surface area contributed by atoms with Gasteiger partial charge in [0.2, 0.25) is 0 Å². The van der Waals surface area contributed by atoms with Crippen LogP contribution in [0, 0.1) is 0 Å². The van der Waals surface area contributed by atoms with E-state index in [-0.39, 0.29) is 0 Å². The maximum atomic E-state index is 11.2. The lowest BCUT2D eigenvalue weighted by Crippen LogP contribution is -1.96. The van der Waals surface area contributed by atoms with Crippen LogP contribution in [0.25, 0.3) is 16.4 Å². The molecule has 0 fully saturated rings. The summed E-state index contributed by atoms with van der Waals surface area (Å²) in [5, 5.41) is 7.06. The van der Waals surface area contributed by atoms with Crippen LogP contribution in [0.2, 0.25) is 0 Å². The minimum absolute atomic E-state index is 0.527. The van der Waals surface area contributed by atoms with Gasteiger partial charge in [-0.25, -0.2) is 9.67 Å². The molecule has 5 nitrogen and oxygen atoms in total. The standard InChI is InChI=1S/C15H13N3O2S/c1-2-20-13-5-3-12(4-6-13)18-9-11(10-19)14(17-18)15-16-7-8-21-15/h3-10H,2H2,1H3. The zero-order chi connectivity index (χ0) is 14.7. The zero-order valence-corrected chi connectivity index (χ0v) is 12.2. The number of aromatic nitrogens is 3. The van der Waals surface area contributed by atoms with Crippen LogP contribution in [0.15, 0.2) is 42.0 Å². The molecule has 0 unspecified atom stereocenters. The fourth-order valence-electron chi connectivity index (χ4n) is 1.97. The second-order valence-corrected chi connectivity index (χ2v) is 5.15. The predicted molar refractivity (Wildman–Crippen MR) is 81.2 cm³/mol. The summed E-state index contributed by atoms with van der Waals surface area (Å²) in [6.45, 7) is 2.57. The SMILES string of the molecule is CCOc1ccc(-n2cc(C=O)c(-c3nccs3)n2)cc1. The Kier molecular flexibility index (Phi) is 3.79. The number of aldehydes is 1. The van der Waals surface area contributed by atoms with Crippen molar-refractivity contribution in [3.63, 3.8) is 0 Å². The fraction of sp³-hybridized carbons (Fsp3) is 0.133. The third kappa shape index (κ3) is 2.71. The van der Waals surface area contributed by atoms with Crippen LogP contribution in [0.4, 0.5) is 0 Å². The molecule has 21 heavy (non-hydrogen) atoms. The molecule has 3 aromatic rings. The van der Waals surface area contributed by atoms with E-state index in [2.05, 4.69) is 10.1 Å². The number of nitrogens with zero attached hydrogens (tertiary/aromatic N) is 3. The van der Waals surface area contributed by atoms with Crippen molar-refractivity contribution in [2.45, 2.75) is 6.92 Å². The number of thiazole rings is 1. The first-order chi connectivity index (χ1) is 10.3. The van der Waals surface area contributed by atoms with Crippen molar-refractivity contribution >= 4 is 17.6 Å². The van der Waals surface area contributed by atoms with E-state index in [0.29, 0.717) is 17.9 Å². The molecule has 2 heterocycles. The molecule has 0 aliphatic carbocycles. The first-order valence-corrected chi connectivity index (χ1v) is 7.37. The van der Waals surface area contributed by atoms with Gasteiger partial charge in [-0.15, -0.1) is 11.3 Å². The molecule has 0 aliphatic heterocycles. The van der Waals surface area contributed by atoms with E-state index < -0.39 is 0 Å². The first kappa shape index (κ1) is 13.5. The minimum Gasteiger partial charge on any atom is -0.494 e. The smallest absolute Gasteiger partial charge is 0.153 e. The molecule has 0 bridgehead atoms. The van der Waals surface area contributed by atoms with Gasteiger partial charge in [-0.05, 0) is 31.2 Å². The Morgan fingerprint density at radius 2 is 2.14 bits per heavy atom. The first-order valence-electron chi connectivity index (χ1n) is 6.49. The Morgan fingerprint density at radius 1 is 1.33 bits per heavy atom. The second-order valence-electron chi connectivity index (χ2n) is 4.26. The third-order valence-electron chi connectivity index (χ3n) is 2.92. The highest BCUT2D eigenvalue weighted by atomic mass is 32.1. The molecule has 0 N–H and O–H groups in total. The van der Waals surface area contributed by atoms with Gasteiger partial charge in [0, 0.05) is 17.8 Å². The molecule has 106 valence electrons. The predicted octanol–water partition coefficient (Wildman–Crippen LogP) is 3.21. The van der Waals surface area contributed by atoms with E-state index in [9.17, 15) is 4.79 Å². The molecule has 0 spiro atoms. The highest BCUT2D eigenvalue weighted by Gasteiger charge is 2.13. The maximum absolute atomic E-state index is 11.2. The van der Waals surface area contributed by atoms with Gasteiger partial charge in [-0.1, -0.05) is 0 Å². The van der Waals surface area contributed by atoms with Crippen LogP contribution in [-0.2, 0) is 0 Å².